The minimum atomic E-state index is -4.36. The molecule has 0 spiro atoms. The fraction of sp³-hybridized carbons (Fsp3) is 0.889. The van der Waals surface area contributed by atoms with Crippen molar-refractivity contribution in [2.75, 3.05) is 31.3 Å². The summed E-state index contributed by atoms with van der Waals surface area (Å²) in [5, 5.41) is 0. The van der Waals surface area contributed by atoms with E-state index >= 15 is 0 Å². The molecule has 48 heavy (non-hydrogen) atoms. The molecule has 2 N–H and O–H groups in total. The van der Waals surface area contributed by atoms with Gasteiger partial charge in [0.05, 0.1) is 25.4 Å². The number of aromatic amines is 1. The van der Waals surface area contributed by atoms with Gasteiger partial charge >= 0.3 is 13.5 Å². The lowest BCUT2D eigenvalue weighted by molar-refractivity contribution is -0.0354. The molecule has 0 aromatic carbocycles. The van der Waals surface area contributed by atoms with Crippen molar-refractivity contribution in [1.82, 2.24) is 9.55 Å². The van der Waals surface area contributed by atoms with Gasteiger partial charge in [0.1, 0.15) is 6.23 Å². The Balaban J connectivity index is 1.74. The third kappa shape index (κ3) is 18.9. The number of aryl methyl sites for hydroxylation is 1. The predicted octanol–water partition coefficient (Wildman–Crippen LogP) is 9.08. The minimum absolute atomic E-state index is 0.0222. The monoisotopic (exact) mass is 718 g/mol. The van der Waals surface area contributed by atoms with Gasteiger partial charge in [-0.25, -0.2) is 9.36 Å². The van der Waals surface area contributed by atoms with E-state index in [9.17, 15) is 19.0 Å². The van der Waals surface area contributed by atoms with Crippen molar-refractivity contribution >= 4 is 19.6 Å². The first-order chi connectivity index (χ1) is 23.2. The summed E-state index contributed by atoms with van der Waals surface area (Å²) >= 11 is 1.82. The van der Waals surface area contributed by atoms with Gasteiger partial charge in [-0.3, -0.25) is 23.4 Å². The fourth-order valence-corrected chi connectivity index (χ4v) is 7.76. The molecule has 0 radical (unpaired) electrons. The average Bonchev–Trinajstić information content (AvgIpc) is 3.43. The first-order valence-corrected chi connectivity index (χ1v) is 21.6. The Morgan fingerprint density at radius 3 is 2.08 bits per heavy atom. The van der Waals surface area contributed by atoms with Crippen LogP contribution in [0.3, 0.4) is 0 Å². The highest BCUT2D eigenvalue weighted by atomic mass is 32.2. The summed E-state index contributed by atoms with van der Waals surface area (Å²) in [5.74, 6) is 1.70. The molecule has 1 aromatic heterocycles. The maximum absolute atomic E-state index is 12.9. The van der Waals surface area contributed by atoms with Crippen LogP contribution in [0.5, 0.6) is 0 Å². The van der Waals surface area contributed by atoms with Crippen molar-refractivity contribution in [3.8, 4) is 0 Å². The summed E-state index contributed by atoms with van der Waals surface area (Å²) in [4.78, 5) is 36.9. The minimum Gasteiger partial charge on any atom is -0.375 e. The van der Waals surface area contributed by atoms with E-state index in [-0.39, 0.29) is 25.2 Å². The van der Waals surface area contributed by atoms with Crippen LogP contribution >= 0.6 is 19.6 Å². The summed E-state index contributed by atoms with van der Waals surface area (Å²) < 4.78 is 37.2. The van der Waals surface area contributed by atoms with Crippen LogP contribution in [0.2, 0.25) is 0 Å². The number of nitrogens with zero attached hydrogens (tertiary/aromatic N) is 1. The highest BCUT2D eigenvalue weighted by Gasteiger charge is 2.36. The molecule has 2 heterocycles. The Kier molecular flexibility index (Phi) is 23.3. The number of phosphoric ester groups is 1. The molecule has 0 saturated carbocycles. The van der Waals surface area contributed by atoms with Crippen molar-refractivity contribution in [3.05, 3.63) is 32.6 Å². The van der Waals surface area contributed by atoms with Crippen LogP contribution in [0.1, 0.15) is 155 Å². The van der Waals surface area contributed by atoms with E-state index in [0.717, 1.165) is 18.6 Å². The zero-order valence-electron chi connectivity index (χ0n) is 30.5. The Morgan fingerprint density at radius 2 is 1.48 bits per heavy atom. The van der Waals surface area contributed by atoms with Crippen molar-refractivity contribution in [3.63, 3.8) is 0 Å². The molecule has 1 aliphatic heterocycles. The number of H-pyrrole nitrogens is 1. The lowest BCUT2D eigenvalue weighted by Gasteiger charge is -2.21. The van der Waals surface area contributed by atoms with E-state index < -0.39 is 31.4 Å². The number of ether oxygens (including phenoxy) is 2. The summed E-state index contributed by atoms with van der Waals surface area (Å²) in [6.45, 7) is 8.47. The van der Waals surface area contributed by atoms with Gasteiger partial charge in [-0.2, -0.15) is 11.8 Å². The molecule has 1 aromatic rings. The van der Waals surface area contributed by atoms with Gasteiger partial charge in [0.15, 0.2) is 0 Å². The Morgan fingerprint density at radius 1 is 0.917 bits per heavy atom. The van der Waals surface area contributed by atoms with E-state index in [4.69, 9.17) is 18.5 Å². The van der Waals surface area contributed by atoms with E-state index in [1.54, 1.807) is 6.92 Å². The molecule has 0 bridgehead atoms. The quantitative estimate of drug-likeness (QED) is 0.0591. The molecule has 2 rings (SSSR count). The van der Waals surface area contributed by atoms with Gasteiger partial charge in [0.2, 0.25) is 0 Å². The number of nitrogens with one attached hydrogen (secondary N) is 1. The molecule has 12 heteroatoms. The third-order valence-corrected chi connectivity index (χ3v) is 11.3. The molecule has 1 saturated heterocycles. The van der Waals surface area contributed by atoms with Gasteiger partial charge in [0.25, 0.3) is 5.56 Å². The van der Waals surface area contributed by atoms with Gasteiger partial charge in [-0.05, 0) is 37.9 Å². The Bertz CT molecular complexity index is 1130. The summed E-state index contributed by atoms with van der Waals surface area (Å²) in [7, 11) is -4.36. The number of aromatic nitrogens is 2. The van der Waals surface area contributed by atoms with Crippen molar-refractivity contribution < 1.29 is 28.0 Å². The molecule has 5 atom stereocenters. The number of thioether (sulfide) groups is 1. The maximum Gasteiger partial charge on any atom is 0.472 e. The zero-order chi connectivity index (χ0) is 35.0. The van der Waals surface area contributed by atoms with Gasteiger partial charge in [0, 0.05) is 24.1 Å². The van der Waals surface area contributed by atoms with Crippen LogP contribution in [0.25, 0.3) is 0 Å². The topological polar surface area (TPSA) is 129 Å². The first-order valence-electron chi connectivity index (χ1n) is 19.0. The molecule has 0 amide bonds. The van der Waals surface area contributed by atoms with E-state index in [2.05, 4.69) is 18.8 Å². The summed E-state index contributed by atoms with van der Waals surface area (Å²) in [5.41, 5.74) is -0.581. The van der Waals surface area contributed by atoms with E-state index in [0.29, 0.717) is 24.3 Å². The molecular weight excluding hydrogens is 651 g/mol. The molecular formula is C36H67N2O8PS. The molecule has 280 valence electrons. The second kappa shape index (κ2) is 25.9. The number of hydrogen-bond acceptors (Lipinski definition) is 8. The predicted molar refractivity (Wildman–Crippen MR) is 197 cm³/mol. The third-order valence-electron chi connectivity index (χ3n) is 9.12. The molecule has 1 aliphatic rings. The maximum atomic E-state index is 12.9. The van der Waals surface area contributed by atoms with E-state index in [1.165, 1.54) is 113 Å². The zero-order valence-corrected chi connectivity index (χ0v) is 32.2. The van der Waals surface area contributed by atoms with Gasteiger partial charge in [-0.1, -0.05) is 124 Å². The smallest absolute Gasteiger partial charge is 0.375 e. The molecule has 1 unspecified atom stereocenters. The standard InChI is InChI=1S/C36H67N2O8PS/c1-5-7-9-11-13-15-16-18-20-22-24-48-29-32(43-23-21-19-17-14-12-10-8-6-2)27-44-47(41,42)45-28-33-30(3)25-34(46-33)38-26-31(4)35(39)37-36(38)40/h26,30,32-34H,5-25,27-29H2,1-4H3,(H,41,42)(H,37,39,40)/t30-,32-,33+,34+/m0/s1. The molecule has 1 fully saturated rings. The van der Waals surface area contributed by atoms with Gasteiger partial charge in [-0.15, -0.1) is 0 Å². The molecule has 0 aliphatic carbocycles. The Hall–Kier alpha value is -0.940. The normalized spacial score (nSPS) is 19.9. The first kappa shape index (κ1) is 43.2. The number of hydrogen-bond donors (Lipinski definition) is 2. The fourth-order valence-electron chi connectivity index (χ4n) is 5.96. The van der Waals surface area contributed by atoms with Crippen molar-refractivity contribution in [2.24, 2.45) is 5.92 Å². The van der Waals surface area contributed by atoms with Crippen LogP contribution in [-0.2, 0) is 23.1 Å². The summed E-state index contributed by atoms with van der Waals surface area (Å²) in [6.07, 6.45) is 23.4. The number of rotatable bonds is 30. The van der Waals surface area contributed by atoms with Crippen LogP contribution in [-0.4, -0.2) is 58.0 Å². The SMILES string of the molecule is CCCCCCCCCCCCSC[C@H](COP(=O)(O)OC[C@H]1O[C@@H](n2cc(C)c(=O)[nH]c2=O)C[C@@H]1C)OCCCCCCCCCC. The summed E-state index contributed by atoms with van der Waals surface area (Å²) in [6, 6.07) is 0. The van der Waals surface area contributed by atoms with Crippen molar-refractivity contribution in [1.29, 1.82) is 0 Å². The number of unbranched alkanes of at least 4 members (excludes halogenated alkanes) is 16. The van der Waals surface area contributed by atoms with E-state index in [1.807, 2.05) is 18.7 Å². The highest BCUT2D eigenvalue weighted by molar-refractivity contribution is 7.99. The average molecular weight is 719 g/mol. The largest absolute Gasteiger partial charge is 0.472 e. The lowest BCUT2D eigenvalue weighted by Crippen LogP contribution is -2.33. The van der Waals surface area contributed by atoms with Crippen LogP contribution < -0.4 is 11.2 Å². The second-order valence-corrected chi connectivity index (χ2v) is 16.2. The lowest BCUT2D eigenvalue weighted by atomic mass is 10.0. The molecule has 10 nitrogen and oxygen atoms in total. The number of phosphoric acid groups is 1. The van der Waals surface area contributed by atoms with Crippen LogP contribution in [0, 0.1) is 12.8 Å². The van der Waals surface area contributed by atoms with Crippen LogP contribution in [0.15, 0.2) is 15.8 Å². The highest BCUT2D eigenvalue weighted by Crippen LogP contribution is 2.45. The van der Waals surface area contributed by atoms with Gasteiger partial charge < -0.3 is 14.4 Å². The Labute approximate surface area is 294 Å². The van der Waals surface area contributed by atoms with Crippen LogP contribution in [0.4, 0.5) is 0 Å². The van der Waals surface area contributed by atoms with Crippen molar-refractivity contribution in [2.45, 2.75) is 168 Å². The second-order valence-electron chi connectivity index (χ2n) is 13.6.